The van der Waals surface area contributed by atoms with Crippen molar-refractivity contribution in [3.63, 3.8) is 0 Å². The molecule has 7 heteroatoms. The van der Waals surface area contributed by atoms with Gasteiger partial charge in [0.25, 0.3) is 5.91 Å². The Labute approximate surface area is 144 Å². The second-order valence-corrected chi connectivity index (χ2v) is 5.14. The molecule has 6 nitrogen and oxygen atoms in total. The standard InChI is InChI=1S/C17H17ClN2O4/c1-23-14-8-4-5-9-15(14)24-11-10-16(21)19-20-17(22)12-6-2-3-7-13(12)18/h2-9H,10-11H2,1H3,(H,19,21)(H,20,22). The number of nitrogens with one attached hydrogen (secondary N) is 2. The molecule has 2 aromatic carbocycles. The summed E-state index contributed by atoms with van der Waals surface area (Å²) in [5.41, 5.74) is 4.90. The highest BCUT2D eigenvalue weighted by Gasteiger charge is 2.11. The van der Waals surface area contributed by atoms with Crippen LogP contribution in [0.1, 0.15) is 16.8 Å². The number of hydrogen-bond acceptors (Lipinski definition) is 4. The summed E-state index contributed by atoms with van der Waals surface area (Å²) in [6.07, 6.45) is 0.0703. The molecule has 24 heavy (non-hydrogen) atoms. The Morgan fingerprint density at radius 3 is 2.38 bits per heavy atom. The quantitative estimate of drug-likeness (QED) is 0.787. The summed E-state index contributed by atoms with van der Waals surface area (Å²) in [4.78, 5) is 23.6. The summed E-state index contributed by atoms with van der Waals surface area (Å²) < 4.78 is 10.6. The van der Waals surface area contributed by atoms with Crippen molar-refractivity contribution in [2.75, 3.05) is 13.7 Å². The van der Waals surface area contributed by atoms with E-state index in [-0.39, 0.29) is 24.5 Å². The first kappa shape index (κ1) is 17.6. The van der Waals surface area contributed by atoms with Gasteiger partial charge in [-0.25, -0.2) is 0 Å². The van der Waals surface area contributed by atoms with Gasteiger partial charge in [0.1, 0.15) is 0 Å². The van der Waals surface area contributed by atoms with E-state index in [1.54, 1.807) is 43.5 Å². The van der Waals surface area contributed by atoms with E-state index in [2.05, 4.69) is 10.9 Å². The Kier molecular flexibility index (Phi) is 6.45. The Morgan fingerprint density at radius 1 is 1.00 bits per heavy atom. The molecule has 0 saturated heterocycles. The van der Waals surface area contributed by atoms with E-state index in [4.69, 9.17) is 21.1 Å². The van der Waals surface area contributed by atoms with Crippen molar-refractivity contribution in [2.24, 2.45) is 0 Å². The minimum atomic E-state index is -0.486. The minimum absolute atomic E-state index is 0.0703. The van der Waals surface area contributed by atoms with E-state index in [1.807, 2.05) is 12.1 Å². The highest BCUT2D eigenvalue weighted by Crippen LogP contribution is 2.25. The zero-order chi connectivity index (χ0) is 17.4. The topological polar surface area (TPSA) is 76.7 Å². The Morgan fingerprint density at radius 2 is 1.67 bits per heavy atom. The lowest BCUT2D eigenvalue weighted by Crippen LogP contribution is -2.42. The van der Waals surface area contributed by atoms with Crippen LogP contribution in [-0.4, -0.2) is 25.5 Å². The van der Waals surface area contributed by atoms with Gasteiger partial charge in [-0.05, 0) is 24.3 Å². The van der Waals surface area contributed by atoms with Crippen molar-refractivity contribution < 1.29 is 19.1 Å². The summed E-state index contributed by atoms with van der Waals surface area (Å²) in [6, 6.07) is 13.7. The molecule has 0 heterocycles. The normalized spacial score (nSPS) is 9.92. The van der Waals surface area contributed by atoms with Crippen LogP contribution in [0.4, 0.5) is 0 Å². The van der Waals surface area contributed by atoms with Crippen LogP contribution < -0.4 is 20.3 Å². The van der Waals surface area contributed by atoms with Gasteiger partial charge >= 0.3 is 0 Å². The molecule has 0 unspecified atom stereocenters. The van der Waals surface area contributed by atoms with Gasteiger partial charge in [0.2, 0.25) is 5.91 Å². The van der Waals surface area contributed by atoms with Crippen LogP contribution in [0, 0.1) is 0 Å². The average molecular weight is 349 g/mol. The third-order valence-corrected chi connectivity index (χ3v) is 3.42. The SMILES string of the molecule is COc1ccccc1OCCC(=O)NNC(=O)c1ccccc1Cl. The number of carbonyl (C=O) groups excluding carboxylic acids is 2. The molecule has 2 aromatic rings. The number of benzene rings is 2. The Bertz CT molecular complexity index is 721. The fourth-order valence-electron chi connectivity index (χ4n) is 1.89. The second-order valence-electron chi connectivity index (χ2n) is 4.73. The van der Waals surface area contributed by atoms with Crippen LogP contribution >= 0.6 is 11.6 Å². The maximum Gasteiger partial charge on any atom is 0.271 e. The molecule has 0 atom stereocenters. The molecule has 0 saturated carbocycles. The smallest absolute Gasteiger partial charge is 0.271 e. The van der Waals surface area contributed by atoms with Gasteiger partial charge in [-0.3, -0.25) is 20.4 Å². The monoisotopic (exact) mass is 348 g/mol. The molecule has 0 radical (unpaired) electrons. The summed E-state index contributed by atoms with van der Waals surface area (Å²) in [5, 5.41) is 0.309. The van der Waals surface area contributed by atoms with E-state index in [9.17, 15) is 9.59 Å². The summed E-state index contributed by atoms with van der Waals surface area (Å²) in [7, 11) is 1.54. The van der Waals surface area contributed by atoms with E-state index < -0.39 is 5.91 Å². The maximum atomic E-state index is 11.9. The molecule has 0 spiro atoms. The fraction of sp³-hybridized carbons (Fsp3) is 0.176. The zero-order valence-corrected chi connectivity index (χ0v) is 13.8. The van der Waals surface area contributed by atoms with Gasteiger partial charge < -0.3 is 9.47 Å². The molecule has 0 bridgehead atoms. The van der Waals surface area contributed by atoms with Crippen LogP contribution in [0.3, 0.4) is 0 Å². The lowest BCUT2D eigenvalue weighted by atomic mass is 10.2. The van der Waals surface area contributed by atoms with E-state index in [0.29, 0.717) is 16.5 Å². The van der Waals surface area contributed by atoms with Crippen molar-refractivity contribution in [2.45, 2.75) is 6.42 Å². The lowest BCUT2D eigenvalue weighted by Gasteiger charge is -2.11. The van der Waals surface area contributed by atoms with Crippen molar-refractivity contribution in [1.82, 2.24) is 10.9 Å². The lowest BCUT2D eigenvalue weighted by molar-refractivity contribution is -0.122. The molecule has 126 valence electrons. The second kappa shape index (κ2) is 8.79. The Balaban J connectivity index is 1.76. The van der Waals surface area contributed by atoms with Crippen LogP contribution in [0.5, 0.6) is 11.5 Å². The van der Waals surface area contributed by atoms with Gasteiger partial charge in [-0.1, -0.05) is 35.9 Å². The van der Waals surface area contributed by atoms with Gasteiger partial charge in [0.05, 0.1) is 30.7 Å². The first-order valence-corrected chi connectivity index (χ1v) is 7.59. The van der Waals surface area contributed by atoms with E-state index in [0.717, 1.165) is 0 Å². The number of para-hydroxylation sites is 2. The number of carbonyl (C=O) groups is 2. The molecule has 2 N–H and O–H groups in total. The number of halogens is 1. The first-order chi connectivity index (χ1) is 11.6. The molecule has 0 aliphatic carbocycles. The maximum absolute atomic E-state index is 11.9. The van der Waals surface area contributed by atoms with Gasteiger partial charge in [0.15, 0.2) is 11.5 Å². The number of methoxy groups -OCH3 is 1. The molecule has 2 amide bonds. The minimum Gasteiger partial charge on any atom is -0.493 e. The number of rotatable bonds is 6. The number of hydrazine groups is 1. The molecular formula is C17H17ClN2O4. The third kappa shape index (κ3) is 4.89. The van der Waals surface area contributed by atoms with Crippen LogP contribution in [0.15, 0.2) is 48.5 Å². The highest BCUT2D eigenvalue weighted by atomic mass is 35.5. The van der Waals surface area contributed by atoms with E-state index >= 15 is 0 Å². The first-order valence-electron chi connectivity index (χ1n) is 7.21. The fourth-order valence-corrected chi connectivity index (χ4v) is 2.11. The van der Waals surface area contributed by atoms with Gasteiger partial charge in [-0.2, -0.15) is 0 Å². The zero-order valence-electron chi connectivity index (χ0n) is 13.0. The Hall–Kier alpha value is -2.73. The van der Waals surface area contributed by atoms with Crippen molar-refractivity contribution in [3.8, 4) is 11.5 Å². The summed E-state index contributed by atoms with van der Waals surface area (Å²) in [6.45, 7) is 0.147. The van der Waals surface area contributed by atoms with Crippen LogP contribution in [-0.2, 0) is 4.79 Å². The molecular weight excluding hydrogens is 332 g/mol. The molecule has 2 rings (SSSR count). The van der Waals surface area contributed by atoms with Crippen molar-refractivity contribution in [1.29, 1.82) is 0 Å². The third-order valence-electron chi connectivity index (χ3n) is 3.09. The van der Waals surface area contributed by atoms with E-state index in [1.165, 1.54) is 0 Å². The van der Waals surface area contributed by atoms with Crippen molar-refractivity contribution >= 4 is 23.4 Å². The summed E-state index contributed by atoms with van der Waals surface area (Å²) in [5.74, 6) is 0.266. The van der Waals surface area contributed by atoms with Gasteiger partial charge in [0, 0.05) is 0 Å². The number of amides is 2. The predicted molar refractivity (Wildman–Crippen MR) is 90.2 cm³/mol. The predicted octanol–water partition coefficient (Wildman–Crippen LogP) is 2.58. The van der Waals surface area contributed by atoms with Crippen molar-refractivity contribution in [3.05, 3.63) is 59.1 Å². The average Bonchev–Trinajstić information content (AvgIpc) is 2.60. The number of ether oxygens (including phenoxy) is 2. The highest BCUT2D eigenvalue weighted by molar-refractivity contribution is 6.33. The molecule has 0 aliphatic heterocycles. The van der Waals surface area contributed by atoms with Crippen LogP contribution in [0.25, 0.3) is 0 Å². The molecule has 0 aromatic heterocycles. The molecule has 0 fully saturated rings. The van der Waals surface area contributed by atoms with Gasteiger partial charge in [-0.15, -0.1) is 0 Å². The molecule has 0 aliphatic rings. The largest absolute Gasteiger partial charge is 0.493 e. The summed E-state index contributed by atoms with van der Waals surface area (Å²) >= 11 is 5.91. The number of hydrogen-bond donors (Lipinski definition) is 2. The van der Waals surface area contributed by atoms with Crippen LogP contribution in [0.2, 0.25) is 5.02 Å².